The number of Topliss-reactive ketones (excluding diaryl/α,β-unsaturated/α-hetero) is 2. The zero-order valence-electron chi connectivity index (χ0n) is 14.5. The Labute approximate surface area is 146 Å². The minimum Gasteiger partial charge on any atom is -0.437 e. The number of fused-ring (bicyclic) bond motifs is 1. The standard InChI is InChI=1S/C21H19O4/c1-4-18(22)25-21(15-11-9-14(10-12-15)13(2)3)19(23)16-7-5-6-8-17(16)20(21)24/h5-11,13H,4H2,1-3H3. The predicted octanol–water partition coefficient (Wildman–Crippen LogP) is 3.84. The number of carbonyl (C=O) groups is 3. The molecule has 1 aliphatic carbocycles. The van der Waals surface area contributed by atoms with Crippen molar-refractivity contribution < 1.29 is 19.1 Å². The fourth-order valence-electron chi connectivity index (χ4n) is 3.01. The van der Waals surface area contributed by atoms with E-state index >= 15 is 0 Å². The molecule has 0 aliphatic heterocycles. The van der Waals surface area contributed by atoms with Crippen molar-refractivity contribution in [2.45, 2.75) is 38.7 Å². The van der Waals surface area contributed by atoms with Crippen molar-refractivity contribution in [3.05, 3.63) is 70.8 Å². The first-order valence-electron chi connectivity index (χ1n) is 8.34. The van der Waals surface area contributed by atoms with Crippen molar-refractivity contribution in [1.29, 1.82) is 0 Å². The number of carbonyl (C=O) groups excluding carboxylic acids is 3. The van der Waals surface area contributed by atoms with E-state index in [1.807, 2.05) is 19.9 Å². The second-order valence-electron chi connectivity index (χ2n) is 6.40. The van der Waals surface area contributed by atoms with E-state index in [1.165, 1.54) is 0 Å². The molecule has 0 amide bonds. The monoisotopic (exact) mass is 335 g/mol. The number of rotatable bonds is 4. The molecule has 4 heteroatoms. The van der Waals surface area contributed by atoms with E-state index in [0.717, 1.165) is 5.56 Å². The number of hydrogen-bond acceptors (Lipinski definition) is 4. The van der Waals surface area contributed by atoms with Crippen LogP contribution >= 0.6 is 0 Å². The first-order valence-corrected chi connectivity index (χ1v) is 8.34. The summed E-state index contributed by atoms with van der Waals surface area (Å²) in [6, 6.07) is 14.8. The van der Waals surface area contributed by atoms with Gasteiger partial charge in [0.05, 0.1) is 0 Å². The number of benzene rings is 2. The summed E-state index contributed by atoms with van der Waals surface area (Å²) in [7, 11) is 0. The van der Waals surface area contributed by atoms with Crippen molar-refractivity contribution >= 4 is 17.5 Å². The molecule has 3 rings (SSSR count). The van der Waals surface area contributed by atoms with Gasteiger partial charge < -0.3 is 4.74 Å². The van der Waals surface area contributed by atoms with Gasteiger partial charge in [-0.3, -0.25) is 14.4 Å². The van der Waals surface area contributed by atoms with E-state index in [4.69, 9.17) is 4.74 Å². The van der Waals surface area contributed by atoms with E-state index in [1.54, 1.807) is 43.3 Å². The summed E-state index contributed by atoms with van der Waals surface area (Å²) in [6.07, 6.45) is 0.0722. The van der Waals surface area contributed by atoms with Crippen molar-refractivity contribution in [2.24, 2.45) is 0 Å². The van der Waals surface area contributed by atoms with Crippen LogP contribution in [0.25, 0.3) is 0 Å². The molecule has 2 aromatic carbocycles. The second kappa shape index (κ2) is 6.28. The summed E-state index contributed by atoms with van der Waals surface area (Å²) < 4.78 is 5.47. The van der Waals surface area contributed by atoms with Gasteiger partial charge in [-0.1, -0.05) is 63.2 Å². The molecule has 0 heterocycles. The fraction of sp³-hybridized carbons (Fsp3) is 0.286. The molecule has 0 saturated heterocycles. The maximum absolute atomic E-state index is 13.1. The maximum atomic E-state index is 13.1. The smallest absolute Gasteiger partial charge is 0.307 e. The summed E-state index contributed by atoms with van der Waals surface area (Å²) in [5, 5.41) is 0. The molecule has 127 valence electrons. The van der Waals surface area contributed by atoms with Crippen LogP contribution in [0.2, 0.25) is 0 Å². The largest absolute Gasteiger partial charge is 0.437 e. The van der Waals surface area contributed by atoms with Gasteiger partial charge in [-0.2, -0.15) is 0 Å². The van der Waals surface area contributed by atoms with Crippen molar-refractivity contribution in [3.63, 3.8) is 0 Å². The highest BCUT2D eigenvalue weighted by molar-refractivity contribution is 6.32. The van der Waals surface area contributed by atoms with Crippen LogP contribution < -0.4 is 0 Å². The molecule has 25 heavy (non-hydrogen) atoms. The highest BCUT2D eigenvalue weighted by Crippen LogP contribution is 2.41. The number of esters is 1. The van der Waals surface area contributed by atoms with E-state index in [2.05, 4.69) is 6.07 Å². The molecule has 0 spiro atoms. The minimum absolute atomic E-state index is 0.0722. The lowest BCUT2D eigenvalue weighted by Gasteiger charge is -2.26. The van der Waals surface area contributed by atoms with Gasteiger partial charge >= 0.3 is 5.97 Å². The Morgan fingerprint density at radius 1 is 1.08 bits per heavy atom. The summed E-state index contributed by atoms with van der Waals surface area (Å²) in [6.45, 7) is 5.70. The molecular formula is C21H19O4. The fourth-order valence-corrected chi connectivity index (χ4v) is 3.01. The Morgan fingerprint density at radius 3 is 2.12 bits per heavy atom. The third-order valence-corrected chi connectivity index (χ3v) is 4.49. The first kappa shape index (κ1) is 17.1. The Hall–Kier alpha value is -2.75. The van der Waals surface area contributed by atoms with Gasteiger partial charge in [-0.15, -0.1) is 0 Å². The Kier molecular flexibility index (Phi) is 4.29. The van der Waals surface area contributed by atoms with Crippen LogP contribution in [0.15, 0.2) is 42.5 Å². The molecule has 0 saturated carbocycles. The van der Waals surface area contributed by atoms with Crippen LogP contribution in [0.3, 0.4) is 0 Å². The van der Waals surface area contributed by atoms with E-state index in [9.17, 15) is 14.4 Å². The topological polar surface area (TPSA) is 60.4 Å². The van der Waals surface area contributed by atoms with Gasteiger partial charge in [-0.25, -0.2) is 0 Å². The molecule has 0 bridgehead atoms. The SMILES string of the molecule is CCC(=O)OC1(c2[c]cc(C(C)C)cc2)C(=O)c2ccccc2C1=O. The lowest BCUT2D eigenvalue weighted by atomic mass is 9.87. The minimum atomic E-state index is -1.97. The molecule has 1 radical (unpaired) electrons. The van der Waals surface area contributed by atoms with Crippen LogP contribution in [0.5, 0.6) is 0 Å². The third kappa shape index (κ3) is 2.58. The van der Waals surface area contributed by atoms with Crippen LogP contribution in [0.4, 0.5) is 0 Å². The van der Waals surface area contributed by atoms with E-state index < -0.39 is 23.1 Å². The van der Waals surface area contributed by atoms with Crippen LogP contribution in [-0.2, 0) is 15.1 Å². The summed E-state index contributed by atoms with van der Waals surface area (Å²) in [5.41, 5.74) is -0.122. The molecule has 0 unspecified atom stereocenters. The van der Waals surface area contributed by atoms with Crippen molar-refractivity contribution in [1.82, 2.24) is 0 Å². The Morgan fingerprint density at radius 2 is 1.68 bits per heavy atom. The lowest BCUT2D eigenvalue weighted by molar-refractivity contribution is -0.152. The van der Waals surface area contributed by atoms with Gasteiger partial charge in [0, 0.05) is 23.1 Å². The average Bonchev–Trinajstić information content (AvgIpc) is 2.84. The van der Waals surface area contributed by atoms with Gasteiger partial charge in [0.2, 0.25) is 11.6 Å². The zero-order chi connectivity index (χ0) is 18.2. The predicted molar refractivity (Wildman–Crippen MR) is 92.5 cm³/mol. The number of hydrogen-bond donors (Lipinski definition) is 0. The molecule has 0 aromatic heterocycles. The number of ketones is 2. The van der Waals surface area contributed by atoms with E-state index in [0.29, 0.717) is 0 Å². The summed E-state index contributed by atoms with van der Waals surface area (Å²) in [4.78, 5) is 38.2. The highest BCUT2D eigenvalue weighted by Gasteiger charge is 2.57. The van der Waals surface area contributed by atoms with Crippen LogP contribution in [0, 0.1) is 6.07 Å². The normalized spacial score (nSPS) is 15.4. The lowest BCUT2D eigenvalue weighted by Crippen LogP contribution is -2.43. The van der Waals surface area contributed by atoms with Crippen molar-refractivity contribution in [2.75, 3.05) is 0 Å². The van der Waals surface area contributed by atoms with E-state index in [-0.39, 0.29) is 29.0 Å². The quantitative estimate of drug-likeness (QED) is 0.629. The molecular weight excluding hydrogens is 316 g/mol. The van der Waals surface area contributed by atoms with Crippen LogP contribution in [-0.4, -0.2) is 17.5 Å². The zero-order valence-corrected chi connectivity index (χ0v) is 14.5. The highest BCUT2D eigenvalue weighted by atomic mass is 16.6. The van der Waals surface area contributed by atoms with Gasteiger partial charge in [-0.05, 0) is 17.5 Å². The molecule has 2 aromatic rings. The molecule has 4 nitrogen and oxygen atoms in total. The molecule has 0 fully saturated rings. The Bertz CT molecular complexity index is 811. The van der Waals surface area contributed by atoms with Crippen molar-refractivity contribution in [3.8, 4) is 0 Å². The summed E-state index contributed by atoms with van der Waals surface area (Å²) >= 11 is 0. The molecule has 0 atom stereocenters. The van der Waals surface area contributed by atoms with Crippen LogP contribution in [0.1, 0.15) is 65.0 Å². The summed E-state index contributed by atoms with van der Waals surface area (Å²) in [5.74, 6) is -1.34. The third-order valence-electron chi connectivity index (χ3n) is 4.49. The molecule has 1 aliphatic rings. The van der Waals surface area contributed by atoms with Gasteiger partial charge in [0.25, 0.3) is 5.60 Å². The van der Waals surface area contributed by atoms with Gasteiger partial charge in [0.15, 0.2) is 0 Å². The molecule has 0 N–H and O–H groups in total. The maximum Gasteiger partial charge on any atom is 0.307 e. The van der Waals surface area contributed by atoms with Gasteiger partial charge in [0.1, 0.15) is 0 Å². The second-order valence-corrected chi connectivity index (χ2v) is 6.40. The number of ether oxygens (including phenoxy) is 1. The Balaban J connectivity index is 2.17. The first-order chi connectivity index (χ1) is 11.9. The average molecular weight is 335 g/mol.